The highest BCUT2D eigenvalue weighted by Gasteiger charge is 2.24. The quantitative estimate of drug-likeness (QED) is 0.614. The molecule has 90 valence electrons. The minimum Gasteiger partial charge on any atom is -0.481 e. The highest BCUT2D eigenvalue weighted by Crippen LogP contribution is 2.29. The highest BCUT2D eigenvalue weighted by molar-refractivity contribution is 5.68. The van der Waals surface area contributed by atoms with Crippen LogP contribution in [0.2, 0.25) is 0 Å². The van der Waals surface area contributed by atoms with Crippen molar-refractivity contribution in [3.8, 4) is 0 Å². The van der Waals surface area contributed by atoms with E-state index in [1.54, 1.807) is 0 Å². The number of carboxylic acid groups (broad SMARTS) is 1. The summed E-state index contributed by atoms with van der Waals surface area (Å²) in [5, 5.41) is 29.8. The van der Waals surface area contributed by atoms with Crippen LogP contribution in [0.15, 0.2) is 18.2 Å². The van der Waals surface area contributed by atoms with Gasteiger partial charge in [0.2, 0.25) is 0 Å². The molecule has 0 amide bonds. The summed E-state index contributed by atoms with van der Waals surface area (Å²) in [6.45, 7) is 0. The van der Waals surface area contributed by atoms with Gasteiger partial charge in [0.25, 0.3) is 11.4 Å². The number of hydrogen-bond donors (Lipinski definition) is 1. The molecular formula is C9H8N2O6. The zero-order chi connectivity index (χ0) is 13.0. The third-order valence-electron chi connectivity index (χ3n) is 2.11. The first-order valence-corrected chi connectivity index (χ1v) is 4.56. The summed E-state index contributed by atoms with van der Waals surface area (Å²) in [5.41, 5.74) is -1.02. The zero-order valence-corrected chi connectivity index (χ0v) is 8.53. The topological polar surface area (TPSA) is 124 Å². The van der Waals surface area contributed by atoms with Gasteiger partial charge in [0.15, 0.2) is 0 Å². The zero-order valence-electron chi connectivity index (χ0n) is 8.53. The molecule has 8 nitrogen and oxygen atoms in total. The van der Waals surface area contributed by atoms with Crippen molar-refractivity contribution >= 4 is 17.3 Å². The third-order valence-corrected chi connectivity index (χ3v) is 2.11. The van der Waals surface area contributed by atoms with Crippen molar-refractivity contribution in [2.45, 2.75) is 12.8 Å². The van der Waals surface area contributed by atoms with Crippen LogP contribution in [0.5, 0.6) is 0 Å². The molecule has 0 unspecified atom stereocenters. The molecular weight excluding hydrogens is 232 g/mol. The molecule has 0 saturated carbocycles. The van der Waals surface area contributed by atoms with Crippen LogP contribution in [-0.4, -0.2) is 20.9 Å². The Bertz CT molecular complexity index is 452. The maximum absolute atomic E-state index is 10.7. The molecule has 0 aromatic heterocycles. The first kappa shape index (κ1) is 12.6. The van der Waals surface area contributed by atoms with E-state index < -0.39 is 33.6 Å². The average Bonchev–Trinajstić information content (AvgIpc) is 2.25. The van der Waals surface area contributed by atoms with Crippen molar-refractivity contribution in [2.24, 2.45) is 0 Å². The van der Waals surface area contributed by atoms with Crippen LogP contribution >= 0.6 is 0 Å². The molecule has 17 heavy (non-hydrogen) atoms. The van der Waals surface area contributed by atoms with E-state index in [0.717, 1.165) is 12.1 Å². The van der Waals surface area contributed by atoms with Gasteiger partial charge in [-0.25, -0.2) is 0 Å². The maximum Gasteiger partial charge on any atom is 0.303 e. The molecule has 0 aliphatic carbocycles. The molecule has 0 fully saturated rings. The lowest BCUT2D eigenvalue weighted by Crippen LogP contribution is -2.04. The molecule has 0 atom stereocenters. The summed E-state index contributed by atoms with van der Waals surface area (Å²) in [7, 11) is 0. The van der Waals surface area contributed by atoms with Gasteiger partial charge in [-0.1, -0.05) is 0 Å². The van der Waals surface area contributed by atoms with Gasteiger partial charge in [-0.2, -0.15) is 0 Å². The number of nitro groups is 2. The van der Waals surface area contributed by atoms with Crippen LogP contribution in [0.4, 0.5) is 11.4 Å². The largest absolute Gasteiger partial charge is 0.481 e. The Morgan fingerprint density at radius 2 is 1.65 bits per heavy atom. The van der Waals surface area contributed by atoms with Gasteiger partial charge < -0.3 is 5.11 Å². The van der Waals surface area contributed by atoms with Crippen molar-refractivity contribution in [3.05, 3.63) is 44.0 Å². The van der Waals surface area contributed by atoms with Crippen molar-refractivity contribution in [2.75, 3.05) is 0 Å². The maximum atomic E-state index is 10.7. The van der Waals surface area contributed by atoms with E-state index >= 15 is 0 Å². The molecule has 0 bridgehead atoms. The average molecular weight is 240 g/mol. The summed E-state index contributed by atoms with van der Waals surface area (Å²) in [6.07, 6.45) is -0.644. The summed E-state index contributed by atoms with van der Waals surface area (Å²) in [4.78, 5) is 30.2. The number of carbonyl (C=O) groups is 1. The monoisotopic (exact) mass is 240 g/mol. The number of benzene rings is 1. The molecule has 0 aliphatic heterocycles. The van der Waals surface area contributed by atoms with Crippen LogP contribution < -0.4 is 0 Å². The Labute approximate surface area is 94.8 Å². The molecule has 0 radical (unpaired) electrons. The number of carboxylic acids is 1. The molecule has 8 heteroatoms. The summed E-state index contributed by atoms with van der Waals surface area (Å²) < 4.78 is 0. The van der Waals surface area contributed by atoms with Crippen LogP contribution in [0, 0.1) is 20.2 Å². The summed E-state index contributed by atoms with van der Waals surface area (Å²) in [6, 6.07) is 3.43. The molecule has 1 N–H and O–H groups in total. The third kappa shape index (κ3) is 2.97. The van der Waals surface area contributed by atoms with Gasteiger partial charge in [0.05, 0.1) is 9.85 Å². The van der Waals surface area contributed by atoms with E-state index in [9.17, 15) is 25.0 Å². The Morgan fingerprint density at radius 3 is 2.00 bits per heavy atom. The smallest absolute Gasteiger partial charge is 0.303 e. The predicted molar refractivity (Wildman–Crippen MR) is 55.7 cm³/mol. The number of nitro benzene ring substituents is 2. The van der Waals surface area contributed by atoms with Crippen molar-refractivity contribution in [1.29, 1.82) is 0 Å². The van der Waals surface area contributed by atoms with Crippen molar-refractivity contribution in [1.82, 2.24) is 0 Å². The van der Waals surface area contributed by atoms with Gasteiger partial charge in [-0.15, -0.1) is 0 Å². The number of hydrogen-bond acceptors (Lipinski definition) is 5. The van der Waals surface area contributed by atoms with E-state index in [-0.39, 0.29) is 12.0 Å². The van der Waals surface area contributed by atoms with Crippen molar-refractivity contribution < 1.29 is 19.7 Å². The minimum absolute atomic E-state index is 0.162. The highest BCUT2D eigenvalue weighted by atomic mass is 16.6. The number of aliphatic carboxylic acids is 1. The molecule has 1 aromatic rings. The summed E-state index contributed by atoms with van der Waals surface area (Å²) >= 11 is 0. The number of rotatable bonds is 5. The first-order valence-electron chi connectivity index (χ1n) is 4.56. The standard InChI is InChI=1S/C9H8N2O6/c12-9(13)5-4-6-7(10(14)15)2-1-3-8(6)11(16)17/h1-3H,4-5H2,(H,12,13). The van der Waals surface area contributed by atoms with E-state index in [2.05, 4.69) is 0 Å². The molecule has 0 aliphatic rings. The van der Waals surface area contributed by atoms with Gasteiger partial charge in [0, 0.05) is 18.6 Å². The van der Waals surface area contributed by atoms with E-state index in [0.29, 0.717) is 0 Å². The van der Waals surface area contributed by atoms with Gasteiger partial charge in [0.1, 0.15) is 5.56 Å². The Balaban J connectivity index is 3.23. The van der Waals surface area contributed by atoms with E-state index in [1.807, 2.05) is 0 Å². The molecule has 0 heterocycles. The minimum atomic E-state index is -1.17. The fourth-order valence-corrected chi connectivity index (χ4v) is 1.39. The predicted octanol–water partition coefficient (Wildman–Crippen LogP) is 1.52. The van der Waals surface area contributed by atoms with Gasteiger partial charge in [-0.3, -0.25) is 25.0 Å². The molecule has 0 saturated heterocycles. The lowest BCUT2D eigenvalue weighted by atomic mass is 10.1. The van der Waals surface area contributed by atoms with Crippen LogP contribution in [0.25, 0.3) is 0 Å². The van der Waals surface area contributed by atoms with E-state index in [4.69, 9.17) is 5.11 Å². The Hall–Kier alpha value is -2.51. The van der Waals surface area contributed by atoms with Crippen LogP contribution in [-0.2, 0) is 11.2 Å². The second kappa shape index (κ2) is 5.01. The Kier molecular flexibility index (Phi) is 3.70. The lowest BCUT2D eigenvalue weighted by Gasteiger charge is -2.02. The van der Waals surface area contributed by atoms with Crippen molar-refractivity contribution in [3.63, 3.8) is 0 Å². The normalized spacial score (nSPS) is 9.88. The lowest BCUT2D eigenvalue weighted by molar-refractivity contribution is -0.395. The fraction of sp³-hybridized carbons (Fsp3) is 0.222. The Morgan fingerprint density at radius 1 is 1.18 bits per heavy atom. The second-order valence-corrected chi connectivity index (χ2v) is 3.18. The first-order chi connectivity index (χ1) is 7.93. The van der Waals surface area contributed by atoms with E-state index in [1.165, 1.54) is 6.07 Å². The molecule has 0 spiro atoms. The van der Waals surface area contributed by atoms with Gasteiger partial charge >= 0.3 is 5.97 Å². The summed E-state index contributed by atoms with van der Waals surface area (Å²) in [5.74, 6) is -1.17. The number of nitrogens with zero attached hydrogens (tertiary/aromatic N) is 2. The van der Waals surface area contributed by atoms with Crippen LogP contribution in [0.3, 0.4) is 0 Å². The van der Waals surface area contributed by atoms with Gasteiger partial charge in [-0.05, 0) is 12.5 Å². The van der Waals surface area contributed by atoms with Crippen LogP contribution in [0.1, 0.15) is 12.0 Å². The second-order valence-electron chi connectivity index (χ2n) is 3.18. The molecule has 1 rings (SSSR count). The SMILES string of the molecule is O=C(O)CCc1c([N+](=O)[O-])cccc1[N+](=O)[O-]. The fourth-order valence-electron chi connectivity index (χ4n) is 1.39. The molecule has 1 aromatic carbocycles.